The quantitative estimate of drug-likeness (QED) is 0.701. The van der Waals surface area contributed by atoms with Crippen LogP contribution in [0.1, 0.15) is 25.3 Å². The molecule has 3 heteroatoms. The maximum Gasteiger partial charge on any atom is 0.286 e. The predicted molar refractivity (Wildman–Crippen MR) is 58.8 cm³/mol. The largest absolute Gasteiger partial charge is 0.286 e. The highest BCUT2D eigenvalue weighted by molar-refractivity contribution is 5.84. The molecule has 1 aromatic carbocycles. The topological polar surface area (TPSA) is 22.0 Å². The second kappa shape index (κ2) is 3.50. The average Bonchev–Trinajstić information content (AvgIpc) is 2.23. The van der Waals surface area contributed by atoms with E-state index >= 15 is 0 Å². The van der Waals surface area contributed by atoms with Crippen LogP contribution < -0.4 is 5.56 Å². The lowest BCUT2D eigenvalue weighted by molar-refractivity contribution is 0.353. The van der Waals surface area contributed by atoms with Crippen LogP contribution in [-0.2, 0) is 0 Å². The standard InChI is InChI=1S/C12H12FNO/c1-8(2)11-7-14(13)12(15)10-6-4-3-5-9(10)11/h3-8H,1-2H3. The Morgan fingerprint density at radius 3 is 2.40 bits per heavy atom. The van der Waals surface area contributed by atoms with Gasteiger partial charge in [0, 0.05) is 11.6 Å². The summed E-state index contributed by atoms with van der Waals surface area (Å²) in [6, 6.07) is 7.11. The van der Waals surface area contributed by atoms with Gasteiger partial charge < -0.3 is 0 Å². The van der Waals surface area contributed by atoms with Gasteiger partial charge in [-0.2, -0.15) is 0 Å². The van der Waals surface area contributed by atoms with Gasteiger partial charge in [0.15, 0.2) is 0 Å². The van der Waals surface area contributed by atoms with E-state index in [1.54, 1.807) is 12.1 Å². The van der Waals surface area contributed by atoms with Gasteiger partial charge in [-0.25, -0.2) is 0 Å². The molecule has 0 N–H and O–H groups in total. The zero-order valence-electron chi connectivity index (χ0n) is 8.70. The molecule has 1 aromatic heterocycles. The van der Waals surface area contributed by atoms with E-state index in [0.717, 1.165) is 10.9 Å². The highest BCUT2D eigenvalue weighted by atomic mass is 19.2. The SMILES string of the molecule is CC(C)c1cn(F)c(=O)c2ccccc12. The monoisotopic (exact) mass is 205 g/mol. The number of benzene rings is 1. The number of hydrogen-bond acceptors (Lipinski definition) is 1. The van der Waals surface area contributed by atoms with E-state index in [9.17, 15) is 9.28 Å². The summed E-state index contributed by atoms with van der Waals surface area (Å²) < 4.78 is 13.3. The van der Waals surface area contributed by atoms with E-state index in [1.807, 2.05) is 26.0 Å². The lowest BCUT2D eigenvalue weighted by atomic mass is 9.99. The normalized spacial score (nSPS) is 11.2. The molecule has 0 fully saturated rings. The van der Waals surface area contributed by atoms with Crippen molar-refractivity contribution in [3.63, 3.8) is 0 Å². The van der Waals surface area contributed by atoms with Crippen molar-refractivity contribution in [3.05, 3.63) is 46.4 Å². The minimum atomic E-state index is -0.588. The lowest BCUT2D eigenvalue weighted by Crippen LogP contribution is -2.15. The molecule has 1 heterocycles. The first-order chi connectivity index (χ1) is 7.11. The molecule has 0 atom stereocenters. The van der Waals surface area contributed by atoms with Crippen molar-refractivity contribution in [1.29, 1.82) is 0 Å². The summed E-state index contributed by atoms with van der Waals surface area (Å²) in [6.45, 7) is 3.96. The molecule has 0 saturated carbocycles. The summed E-state index contributed by atoms with van der Waals surface area (Å²) >= 11 is 0. The zero-order valence-corrected chi connectivity index (χ0v) is 8.70. The van der Waals surface area contributed by atoms with E-state index in [1.165, 1.54) is 6.20 Å². The third kappa shape index (κ3) is 1.54. The van der Waals surface area contributed by atoms with Crippen molar-refractivity contribution in [3.8, 4) is 0 Å². The van der Waals surface area contributed by atoms with E-state index in [4.69, 9.17) is 0 Å². The average molecular weight is 205 g/mol. The molecule has 0 aliphatic carbocycles. The van der Waals surface area contributed by atoms with E-state index in [2.05, 4.69) is 0 Å². The van der Waals surface area contributed by atoms with Crippen LogP contribution in [0.25, 0.3) is 10.8 Å². The third-order valence-corrected chi connectivity index (χ3v) is 2.54. The van der Waals surface area contributed by atoms with Crippen LogP contribution in [0.3, 0.4) is 0 Å². The van der Waals surface area contributed by atoms with Gasteiger partial charge in [-0.05, 0) is 22.9 Å². The molecular weight excluding hydrogens is 193 g/mol. The highest BCUT2D eigenvalue weighted by Gasteiger charge is 2.10. The Morgan fingerprint density at radius 2 is 1.80 bits per heavy atom. The molecular formula is C12H12FNO. The van der Waals surface area contributed by atoms with Crippen molar-refractivity contribution in [2.75, 3.05) is 0 Å². The number of hydrogen-bond donors (Lipinski definition) is 0. The van der Waals surface area contributed by atoms with Crippen LogP contribution in [0.5, 0.6) is 0 Å². The molecule has 0 radical (unpaired) electrons. The van der Waals surface area contributed by atoms with Crippen molar-refractivity contribution in [2.45, 2.75) is 19.8 Å². The van der Waals surface area contributed by atoms with Gasteiger partial charge in [0.2, 0.25) is 0 Å². The Labute approximate surface area is 86.9 Å². The molecule has 2 nitrogen and oxygen atoms in total. The van der Waals surface area contributed by atoms with E-state index in [0.29, 0.717) is 5.39 Å². The summed E-state index contributed by atoms with van der Waals surface area (Å²) in [5, 5.41) is 1.28. The van der Waals surface area contributed by atoms with Gasteiger partial charge in [0.1, 0.15) is 0 Å². The Kier molecular flexibility index (Phi) is 2.31. The Hall–Kier alpha value is -1.64. The molecule has 2 rings (SSSR count). The Bertz CT molecular complexity index is 557. The summed E-state index contributed by atoms with van der Waals surface area (Å²) in [5.74, 6) is 0.192. The minimum Gasteiger partial charge on any atom is -0.266 e. The maximum absolute atomic E-state index is 13.3. The maximum atomic E-state index is 13.3. The summed E-state index contributed by atoms with van der Waals surface area (Å²) in [5.41, 5.74) is 0.266. The van der Waals surface area contributed by atoms with Crippen LogP contribution in [0.2, 0.25) is 0 Å². The Balaban J connectivity index is 2.95. The fourth-order valence-electron chi connectivity index (χ4n) is 1.75. The molecule has 0 amide bonds. The molecule has 78 valence electrons. The zero-order chi connectivity index (χ0) is 11.0. The molecule has 0 aliphatic rings. The van der Waals surface area contributed by atoms with Crippen molar-refractivity contribution < 1.29 is 4.48 Å². The van der Waals surface area contributed by atoms with Crippen LogP contribution >= 0.6 is 0 Å². The fourth-order valence-corrected chi connectivity index (χ4v) is 1.75. The second-order valence-corrected chi connectivity index (χ2v) is 3.90. The molecule has 0 unspecified atom stereocenters. The van der Waals surface area contributed by atoms with Crippen LogP contribution in [0, 0.1) is 0 Å². The molecule has 2 aromatic rings. The second-order valence-electron chi connectivity index (χ2n) is 3.90. The molecule has 0 spiro atoms. The van der Waals surface area contributed by atoms with E-state index in [-0.39, 0.29) is 10.7 Å². The predicted octanol–water partition coefficient (Wildman–Crippen LogP) is 2.86. The third-order valence-electron chi connectivity index (χ3n) is 2.54. The number of rotatable bonds is 1. The number of aromatic nitrogens is 1. The van der Waals surface area contributed by atoms with Gasteiger partial charge in [0.25, 0.3) is 5.56 Å². The fraction of sp³-hybridized carbons (Fsp3) is 0.250. The van der Waals surface area contributed by atoms with Gasteiger partial charge in [-0.1, -0.05) is 36.5 Å². The first-order valence-electron chi connectivity index (χ1n) is 4.91. The van der Waals surface area contributed by atoms with Crippen molar-refractivity contribution in [2.24, 2.45) is 0 Å². The summed E-state index contributed by atoms with van der Waals surface area (Å²) in [4.78, 5) is 11.7. The van der Waals surface area contributed by atoms with Gasteiger partial charge in [0.05, 0.1) is 0 Å². The Morgan fingerprint density at radius 1 is 1.20 bits per heavy atom. The molecule has 0 saturated heterocycles. The van der Waals surface area contributed by atoms with Crippen LogP contribution in [0.4, 0.5) is 4.48 Å². The molecule has 15 heavy (non-hydrogen) atoms. The van der Waals surface area contributed by atoms with Gasteiger partial charge in [-0.15, -0.1) is 4.79 Å². The van der Waals surface area contributed by atoms with Crippen molar-refractivity contribution in [1.82, 2.24) is 4.79 Å². The van der Waals surface area contributed by atoms with Gasteiger partial charge in [-0.3, -0.25) is 4.79 Å². The highest BCUT2D eigenvalue weighted by Crippen LogP contribution is 2.22. The summed E-state index contributed by atoms with van der Waals surface area (Å²) in [7, 11) is 0. The number of nitrogens with zero attached hydrogens (tertiary/aromatic N) is 1. The number of halogens is 1. The molecule has 0 bridgehead atoms. The number of pyridine rings is 1. The minimum absolute atomic E-state index is 0.164. The van der Waals surface area contributed by atoms with E-state index < -0.39 is 5.56 Å². The molecule has 0 aliphatic heterocycles. The van der Waals surface area contributed by atoms with Gasteiger partial charge >= 0.3 is 0 Å². The van der Waals surface area contributed by atoms with Crippen LogP contribution in [0.15, 0.2) is 35.3 Å². The summed E-state index contributed by atoms with van der Waals surface area (Å²) in [6.07, 6.45) is 1.27. The first kappa shape index (κ1) is 9.90. The first-order valence-corrected chi connectivity index (χ1v) is 4.91. The number of fused-ring (bicyclic) bond motifs is 1. The van der Waals surface area contributed by atoms with Crippen LogP contribution in [-0.4, -0.2) is 4.79 Å². The smallest absolute Gasteiger partial charge is 0.266 e. The lowest BCUT2D eigenvalue weighted by Gasteiger charge is -2.09. The van der Waals surface area contributed by atoms with Crippen molar-refractivity contribution >= 4 is 10.8 Å².